The fourth-order valence-electron chi connectivity index (χ4n) is 1.97. The highest BCUT2D eigenvalue weighted by molar-refractivity contribution is 8.14. The second kappa shape index (κ2) is 5.53. The van der Waals surface area contributed by atoms with Gasteiger partial charge in [0.25, 0.3) is 0 Å². The lowest BCUT2D eigenvalue weighted by atomic mass is 10.1. The van der Waals surface area contributed by atoms with E-state index in [0.29, 0.717) is 13.0 Å². The second-order valence-corrected chi connectivity index (χ2v) is 5.82. The van der Waals surface area contributed by atoms with Gasteiger partial charge in [-0.25, -0.2) is 4.79 Å². The number of rotatable bonds is 3. The standard InChI is InChI=1S/C11H17NO4S/c1-6(2)10(14)12-5-4-8(17-7(3)13)9(12)11(15)16/h6,8-9H,4-5H2,1-3H3,(H,15,16)/t8?,9-/m0/s1. The smallest absolute Gasteiger partial charge is 0.327 e. The van der Waals surface area contributed by atoms with Crippen LogP contribution < -0.4 is 0 Å². The van der Waals surface area contributed by atoms with Crippen LogP contribution in [0.25, 0.3) is 0 Å². The molecule has 1 saturated heterocycles. The fraction of sp³-hybridized carbons (Fsp3) is 0.727. The molecule has 0 aromatic heterocycles. The van der Waals surface area contributed by atoms with Crippen molar-refractivity contribution < 1.29 is 19.5 Å². The van der Waals surface area contributed by atoms with E-state index in [9.17, 15) is 19.5 Å². The maximum atomic E-state index is 11.9. The third-order valence-electron chi connectivity index (χ3n) is 2.69. The second-order valence-electron chi connectivity index (χ2n) is 4.41. The van der Waals surface area contributed by atoms with E-state index in [2.05, 4.69) is 0 Å². The van der Waals surface area contributed by atoms with Crippen molar-refractivity contribution in [1.82, 2.24) is 4.90 Å². The molecule has 1 N–H and O–H groups in total. The molecule has 5 nitrogen and oxygen atoms in total. The first-order valence-electron chi connectivity index (χ1n) is 5.55. The molecule has 0 saturated carbocycles. The zero-order valence-corrected chi connectivity index (χ0v) is 11.0. The van der Waals surface area contributed by atoms with Crippen molar-refractivity contribution in [3.8, 4) is 0 Å². The summed E-state index contributed by atoms with van der Waals surface area (Å²) in [5.41, 5.74) is 0. The summed E-state index contributed by atoms with van der Waals surface area (Å²) in [6, 6.07) is -0.876. The molecule has 0 spiro atoms. The summed E-state index contributed by atoms with van der Waals surface area (Å²) < 4.78 is 0. The molecule has 1 amide bonds. The van der Waals surface area contributed by atoms with Gasteiger partial charge in [0.2, 0.25) is 5.91 Å². The van der Waals surface area contributed by atoms with E-state index in [4.69, 9.17) is 0 Å². The van der Waals surface area contributed by atoms with E-state index in [0.717, 1.165) is 11.8 Å². The summed E-state index contributed by atoms with van der Waals surface area (Å²) in [5, 5.41) is 8.74. The Morgan fingerprint density at radius 2 is 1.94 bits per heavy atom. The van der Waals surface area contributed by atoms with Crippen molar-refractivity contribution in [1.29, 1.82) is 0 Å². The molecule has 0 bridgehead atoms. The molecule has 0 aromatic rings. The molecule has 6 heteroatoms. The van der Waals surface area contributed by atoms with Gasteiger partial charge in [0.1, 0.15) is 6.04 Å². The number of thioether (sulfide) groups is 1. The van der Waals surface area contributed by atoms with Crippen molar-refractivity contribution in [3.05, 3.63) is 0 Å². The first-order chi connectivity index (χ1) is 7.84. The zero-order chi connectivity index (χ0) is 13.2. The summed E-state index contributed by atoms with van der Waals surface area (Å²) >= 11 is 1.02. The SMILES string of the molecule is CC(=O)SC1CCN(C(=O)C(C)C)[C@@H]1C(=O)O. The Morgan fingerprint density at radius 1 is 1.35 bits per heavy atom. The Labute approximate surface area is 105 Å². The van der Waals surface area contributed by atoms with Gasteiger partial charge in [-0.1, -0.05) is 25.6 Å². The average molecular weight is 259 g/mol. The third kappa shape index (κ3) is 3.21. The number of carboxylic acid groups (broad SMARTS) is 1. The number of aliphatic carboxylic acids is 1. The van der Waals surface area contributed by atoms with Gasteiger partial charge >= 0.3 is 5.97 Å². The highest BCUT2D eigenvalue weighted by Gasteiger charge is 2.43. The number of hydrogen-bond donors (Lipinski definition) is 1. The molecule has 0 radical (unpaired) electrons. The van der Waals surface area contributed by atoms with E-state index < -0.39 is 12.0 Å². The number of nitrogens with zero attached hydrogens (tertiary/aromatic N) is 1. The van der Waals surface area contributed by atoms with Crippen LogP contribution in [0.2, 0.25) is 0 Å². The number of carbonyl (C=O) groups excluding carboxylic acids is 2. The number of likely N-dealkylation sites (tertiary alicyclic amines) is 1. The van der Waals surface area contributed by atoms with E-state index >= 15 is 0 Å². The number of carboxylic acids is 1. The molecule has 96 valence electrons. The minimum Gasteiger partial charge on any atom is -0.480 e. The zero-order valence-electron chi connectivity index (χ0n) is 10.2. The van der Waals surface area contributed by atoms with Crippen LogP contribution in [0.3, 0.4) is 0 Å². The van der Waals surface area contributed by atoms with Crippen LogP contribution in [0, 0.1) is 5.92 Å². The van der Waals surface area contributed by atoms with Crippen LogP contribution in [0.4, 0.5) is 0 Å². The first kappa shape index (κ1) is 14.0. The summed E-state index contributed by atoms with van der Waals surface area (Å²) in [4.78, 5) is 35.5. The first-order valence-corrected chi connectivity index (χ1v) is 6.43. The maximum absolute atomic E-state index is 11.9. The van der Waals surface area contributed by atoms with Crippen molar-refractivity contribution >= 4 is 28.8 Å². The molecule has 17 heavy (non-hydrogen) atoms. The molecule has 1 unspecified atom stereocenters. The predicted octanol–water partition coefficient (Wildman–Crippen LogP) is 0.976. The minimum absolute atomic E-state index is 0.111. The molecular formula is C11H17NO4S. The van der Waals surface area contributed by atoms with E-state index in [1.807, 2.05) is 0 Å². The van der Waals surface area contributed by atoms with Crippen LogP contribution in [0.5, 0.6) is 0 Å². The van der Waals surface area contributed by atoms with Crippen LogP contribution in [-0.4, -0.2) is 44.8 Å². The Kier molecular flexibility index (Phi) is 4.56. The van der Waals surface area contributed by atoms with Gasteiger partial charge < -0.3 is 10.0 Å². The summed E-state index contributed by atoms with van der Waals surface area (Å²) in [6.45, 7) is 5.31. The fourth-order valence-corrected chi connectivity index (χ4v) is 3.01. The predicted molar refractivity (Wildman–Crippen MR) is 64.7 cm³/mol. The molecular weight excluding hydrogens is 242 g/mol. The van der Waals surface area contributed by atoms with Gasteiger partial charge in [0, 0.05) is 24.6 Å². The third-order valence-corrected chi connectivity index (χ3v) is 3.82. The van der Waals surface area contributed by atoms with Crippen LogP contribution >= 0.6 is 11.8 Å². The Balaban J connectivity index is 2.84. The maximum Gasteiger partial charge on any atom is 0.327 e. The van der Waals surface area contributed by atoms with Gasteiger partial charge in [-0.15, -0.1) is 0 Å². The highest BCUT2D eigenvalue weighted by atomic mass is 32.2. The molecule has 0 aromatic carbocycles. The summed E-state index contributed by atoms with van der Waals surface area (Å²) in [5.74, 6) is -1.42. The molecule has 1 rings (SSSR count). The largest absolute Gasteiger partial charge is 0.480 e. The van der Waals surface area contributed by atoms with Crippen molar-refractivity contribution in [2.24, 2.45) is 5.92 Å². The Bertz CT molecular complexity index is 342. The monoisotopic (exact) mass is 259 g/mol. The quantitative estimate of drug-likeness (QED) is 0.817. The van der Waals surface area contributed by atoms with E-state index in [1.54, 1.807) is 13.8 Å². The summed E-state index contributed by atoms with van der Waals surface area (Å²) in [6.07, 6.45) is 0.555. The number of hydrogen-bond acceptors (Lipinski definition) is 4. The lowest BCUT2D eigenvalue weighted by Crippen LogP contribution is -2.46. The summed E-state index contributed by atoms with van der Waals surface area (Å²) in [7, 11) is 0. The number of amides is 1. The Hall–Kier alpha value is -1.04. The lowest BCUT2D eigenvalue weighted by molar-refractivity contribution is -0.149. The molecule has 0 aliphatic carbocycles. The molecule has 1 aliphatic heterocycles. The highest BCUT2D eigenvalue weighted by Crippen LogP contribution is 2.30. The van der Waals surface area contributed by atoms with Crippen molar-refractivity contribution in [2.45, 2.75) is 38.5 Å². The van der Waals surface area contributed by atoms with Gasteiger partial charge in [-0.05, 0) is 6.42 Å². The van der Waals surface area contributed by atoms with Gasteiger partial charge in [0.05, 0.1) is 0 Å². The van der Waals surface area contributed by atoms with Gasteiger partial charge in [-0.2, -0.15) is 0 Å². The van der Waals surface area contributed by atoms with Crippen molar-refractivity contribution in [3.63, 3.8) is 0 Å². The molecule has 2 atom stereocenters. The molecule has 1 aliphatic rings. The molecule has 1 fully saturated rings. The molecule has 1 heterocycles. The van der Waals surface area contributed by atoms with Crippen molar-refractivity contribution in [2.75, 3.05) is 6.54 Å². The van der Waals surface area contributed by atoms with Gasteiger partial charge in [0.15, 0.2) is 5.12 Å². The minimum atomic E-state index is -1.03. The van der Waals surface area contributed by atoms with E-state index in [1.165, 1.54) is 11.8 Å². The van der Waals surface area contributed by atoms with Gasteiger partial charge in [-0.3, -0.25) is 9.59 Å². The van der Waals surface area contributed by atoms with Crippen LogP contribution in [0.1, 0.15) is 27.2 Å². The normalized spacial score (nSPS) is 24.1. The number of carbonyl (C=O) groups is 3. The van der Waals surface area contributed by atoms with Crippen LogP contribution in [0.15, 0.2) is 0 Å². The lowest BCUT2D eigenvalue weighted by Gasteiger charge is -2.25. The van der Waals surface area contributed by atoms with E-state index in [-0.39, 0.29) is 22.2 Å². The average Bonchev–Trinajstić information content (AvgIpc) is 2.58. The topological polar surface area (TPSA) is 74.7 Å². The Morgan fingerprint density at radius 3 is 2.35 bits per heavy atom. The van der Waals surface area contributed by atoms with Crippen LogP contribution in [-0.2, 0) is 14.4 Å².